The number of hydrogen-bond donors (Lipinski definition) is 4. The van der Waals surface area contributed by atoms with Gasteiger partial charge >= 0.3 is 0 Å². The molecule has 29 heavy (non-hydrogen) atoms. The molecule has 0 spiro atoms. The summed E-state index contributed by atoms with van der Waals surface area (Å²) < 4.78 is 0. The van der Waals surface area contributed by atoms with Crippen LogP contribution in [0.1, 0.15) is 25.3 Å². The number of nitrogens with one attached hydrogen (secondary N) is 4. The predicted molar refractivity (Wildman–Crippen MR) is 113 cm³/mol. The van der Waals surface area contributed by atoms with Crippen LogP contribution in [-0.4, -0.2) is 71.2 Å². The van der Waals surface area contributed by atoms with Crippen molar-refractivity contribution in [1.29, 1.82) is 0 Å². The van der Waals surface area contributed by atoms with Gasteiger partial charge in [0.15, 0.2) is 11.8 Å². The van der Waals surface area contributed by atoms with Crippen molar-refractivity contribution < 1.29 is 4.79 Å². The second kappa shape index (κ2) is 10.6. The average molecular weight is 399 g/mol. The summed E-state index contributed by atoms with van der Waals surface area (Å²) in [5.74, 6) is 1.64. The molecule has 0 unspecified atom stereocenters. The first-order chi connectivity index (χ1) is 14.2. The van der Waals surface area contributed by atoms with Crippen LogP contribution in [0.2, 0.25) is 0 Å². The van der Waals surface area contributed by atoms with Crippen molar-refractivity contribution in [2.45, 2.75) is 32.4 Å². The first-order valence-electron chi connectivity index (χ1n) is 10.1. The minimum absolute atomic E-state index is 0.0684. The maximum atomic E-state index is 11.5. The smallest absolute Gasteiger partial charge is 0.233 e. The summed E-state index contributed by atoms with van der Waals surface area (Å²) in [6.07, 6.45) is 3.48. The summed E-state index contributed by atoms with van der Waals surface area (Å²) in [7, 11) is 1.68. The molecule has 1 aromatic heterocycles. The second-order valence-electron chi connectivity index (χ2n) is 7.10. The van der Waals surface area contributed by atoms with Crippen LogP contribution in [-0.2, 0) is 11.3 Å². The lowest BCUT2D eigenvalue weighted by molar-refractivity contribution is -0.122. The monoisotopic (exact) mass is 398 g/mol. The lowest BCUT2D eigenvalue weighted by Gasteiger charge is -2.32. The van der Waals surface area contributed by atoms with Gasteiger partial charge in [0, 0.05) is 38.3 Å². The number of aromatic nitrogens is 3. The lowest BCUT2D eigenvalue weighted by Crippen LogP contribution is -2.50. The van der Waals surface area contributed by atoms with Gasteiger partial charge in [-0.05, 0) is 31.4 Å². The third kappa shape index (κ3) is 6.28. The summed E-state index contributed by atoms with van der Waals surface area (Å²) >= 11 is 0. The van der Waals surface area contributed by atoms with Gasteiger partial charge in [-0.2, -0.15) is 5.10 Å². The molecular weight excluding hydrogens is 368 g/mol. The molecule has 0 bridgehead atoms. The van der Waals surface area contributed by atoms with E-state index in [9.17, 15) is 4.79 Å². The number of guanidine groups is 1. The van der Waals surface area contributed by atoms with Crippen molar-refractivity contribution in [3.63, 3.8) is 0 Å². The summed E-state index contributed by atoms with van der Waals surface area (Å²) in [5, 5.41) is 16.3. The van der Waals surface area contributed by atoms with Gasteiger partial charge in [-0.3, -0.25) is 14.8 Å². The van der Waals surface area contributed by atoms with Crippen LogP contribution in [0, 0.1) is 0 Å². The number of hydrogen-bond acceptors (Lipinski definition) is 5. The zero-order chi connectivity index (χ0) is 20.5. The summed E-state index contributed by atoms with van der Waals surface area (Å²) in [6, 6.07) is 8.50. The first kappa shape index (κ1) is 20.8. The predicted octanol–water partition coefficient (Wildman–Crippen LogP) is 0.737. The summed E-state index contributed by atoms with van der Waals surface area (Å²) in [4.78, 5) is 22.7. The molecule has 1 aliphatic heterocycles. The van der Waals surface area contributed by atoms with E-state index in [-0.39, 0.29) is 5.91 Å². The highest BCUT2D eigenvalue weighted by Crippen LogP contribution is 2.16. The average Bonchev–Trinajstić information content (AvgIpc) is 3.29. The number of benzene rings is 1. The van der Waals surface area contributed by atoms with Crippen molar-refractivity contribution >= 4 is 11.9 Å². The van der Waals surface area contributed by atoms with E-state index >= 15 is 0 Å². The van der Waals surface area contributed by atoms with Gasteiger partial charge in [0.05, 0.1) is 13.1 Å². The van der Waals surface area contributed by atoms with E-state index in [1.165, 1.54) is 6.33 Å². The van der Waals surface area contributed by atoms with Crippen molar-refractivity contribution in [2.24, 2.45) is 4.99 Å². The number of piperidine rings is 1. The van der Waals surface area contributed by atoms with Crippen molar-refractivity contribution in [3.05, 3.63) is 36.2 Å². The fourth-order valence-corrected chi connectivity index (χ4v) is 3.36. The molecule has 2 heterocycles. The second-order valence-corrected chi connectivity index (χ2v) is 7.10. The third-order valence-electron chi connectivity index (χ3n) is 4.95. The first-order valence-corrected chi connectivity index (χ1v) is 10.1. The molecular formula is C20H30N8O. The van der Waals surface area contributed by atoms with E-state index < -0.39 is 0 Å². The zero-order valence-electron chi connectivity index (χ0n) is 17.1. The molecule has 1 fully saturated rings. The van der Waals surface area contributed by atoms with Gasteiger partial charge in [0.1, 0.15) is 6.33 Å². The molecule has 1 amide bonds. The van der Waals surface area contributed by atoms with Gasteiger partial charge < -0.3 is 16.0 Å². The van der Waals surface area contributed by atoms with Crippen LogP contribution < -0.4 is 16.0 Å². The Morgan fingerprint density at radius 2 is 2.17 bits per heavy atom. The number of likely N-dealkylation sites (N-methyl/N-ethyl adjacent to an activating group) is 1. The topological polar surface area (TPSA) is 110 Å². The zero-order valence-corrected chi connectivity index (χ0v) is 17.1. The molecule has 9 heteroatoms. The number of rotatable bonds is 7. The van der Waals surface area contributed by atoms with Crippen LogP contribution in [0.4, 0.5) is 0 Å². The van der Waals surface area contributed by atoms with Crippen LogP contribution in [0.25, 0.3) is 11.4 Å². The third-order valence-corrected chi connectivity index (χ3v) is 4.95. The van der Waals surface area contributed by atoms with Crippen LogP contribution >= 0.6 is 0 Å². The molecule has 4 N–H and O–H groups in total. The minimum Gasteiger partial charge on any atom is -0.358 e. The Hall–Kier alpha value is -2.94. The van der Waals surface area contributed by atoms with E-state index in [1.54, 1.807) is 7.05 Å². The Morgan fingerprint density at radius 1 is 1.34 bits per heavy atom. The molecule has 0 saturated carbocycles. The van der Waals surface area contributed by atoms with Gasteiger partial charge in [0.2, 0.25) is 5.91 Å². The normalized spacial score (nSPS) is 15.9. The molecule has 3 rings (SSSR count). The number of nitrogens with zero attached hydrogens (tertiary/aromatic N) is 4. The van der Waals surface area contributed by atoms with Gasteiger partial charge in [-0.1, -0.05) is 18.2 Å². The molecule has 9 nitrogen and oxygen atoms in total. The maximum absolute atomic E-state index is 11.5. The molecule has 2 aromatic rings. The van der Waals surface area contributed by atoms with Crippen LogP contribution in [0.3, 0.4) is 0 Å². The maximum Gasteiger partial charge on any atom is 0.233 e. The summed E-state index contributed by atoms with van der Waals surface area (Å²) in [6.45, 7) is 5.73. The molecule has 0 atom stereocenters. The fourth-order valence-electron chi connectivity index (χ4n) is 3.36. The highest BCUT2D eigenvalue weighted by molar-refractivity contribution is 5.80. The molecule has 1 saturated heterocycles. The standard InChI is InChI=1S/C20H30N8O/c1-3-22-20(26-17-7-9-28(10-8-17)13-18(29)21-2)23-12-15-5-4-6-16(11-15)19-24-14-25-27-19/h4-6,11,14,17H,3,7-10,12-13H2,1-2H3,(H,21,29)(H2,22,23,26)(H,24,25,27). The van der Waals surface area contributed by atoms with E-state index in [0.717, 1.165) is 55.4 Å². The highest BCUT2D eigenvalue weighted by Gasteiger charge is 2.21. The Bertz CT molecular complexity index is 797. The van der Waals surface area contributed by atoms with Gasteiger partial charge in [-0.15, -0.1) is 0 Å². The molecule has 156 valence electrons. The Kier molecular flexibility index (Phi) is 7.57. The minimum atomic E-state index is 0.0684. The highest BCUT2D eigenvalue weighted by atomic mass is 16.1. The molecule has 0 aliphatic carbocycles. The summed E-state index contributed by atoms with van der Waals surface area (Å²) in [5.41, 5.74) is 2.10. The van der Waals surface area contributed by atoms with Crippen LogP contribution in [0.15, 0.2) is 35.6 Å². The quantitative estimate of drug-likeness (QED) is 0.404. The molecule has 0 radical (unpaired) electrons. The Balaban J connectivity index is 1.55. The lowest BCUT2D eigenvalue weighted by atomic mass is 10.1. The number of carbonyl (C=O) groups excluding carboxylic acids is 1. The van der Waals surface area contributed by atoms with E-state index in [2.05, 4.69) is 55.1 Å². The number of amides is 1. The number of H-pyrrole nitrogens is 1. The number of aromatic amines is 1. The van der Waals surface area contributed by atoms with E-state index in [1.807, 2.05) is 12.1 Å². The van der Waals surface area contributed by atoms with Crippen molar-refractivity contribution in [1.82, 2.24) is 36.0 Å². The van der Waals surface area contributed by atoms with Crippen molar-refractivity contribution in [3.8, 4) is 11.4 Å². The van der Waals surface area contributed by atoms with Crippen molar-refractivity contribution in [2.75, 3.05) is 33.2 Å². The van der Waals surface area contributed by atoms with Crippen LogP contribution in [0.5, 0.6) is 0 Å². The molecule has 1 aromatic carbocycles. The number of aliphatic imine (C=N–C) groups is 1. The largest absolute Gasteiger partial charge is 0.358 e. The number of likely N-dealkylation sites (tertiary alicyclic amines) is 1. The van der Waals surface area contributed by atoms with Gasteiger partial charge in [0.25, 0.3) is 0 Å². The fraction of sp³-hybridized carbons (Fsp3) is 0.500. The van der Waals surface area contributed by atoms with E-state index in [0.29, 0.717) is 19.1 Å². The SMILES string of the molecule is CCNC(=NCc1cccc(-c2ncn[nH]2)c1)NC1CCN(CC(=O)NC)CC1. The Labute approximate surface area is 171 Å². The number of carbonyl (C=O) groups is 1. The molecule has 1 aliphatic rings. The van der Waals surface area contributed by atoms with Gasteiger partial charge in [-0.25, -0.2) is 9.98 Å². The Morgan fingerprint density at radius 3 is 2.86 bits per heavy atom. The van der Waals surface area contributed by atoms with E-state index in [4.69, 9.17) is 4.99 Å².